The van der Waals surface area contributed by atoms with Gasteiger partial charge in [-0.05, 0) is 37.5 Å². The SMILES string of the molecule is CCNC(=O)c1cc(Cl)ccc1NC(=O)[C@@H]1C[C@H]1C. The average Bonchev–Trinajstić information content (AvgIpc) is 3.09. The zero-order valence-corrected chi connectivity index (χ0v) is 11.8. The number of carbonyl (C=O) groups is 2. The third-order valence-corrected chi connectivity index (χ3v) is 3.50. The highest BCUT2D eigenvalue weighted by molar-refractivity contribution is 6.31. The lowest BCUT2D eigenvalue weighted by atomic mass is 10.1. The van der Waals surface area contributed by atoms with Crippen LogP contribution in [-0.4, -0.2) is 18.4 Å². The van der Waals surface area contributed by atoms with Crippen LogP contribution in [0.4, 0.5) is 5.69 Å². The van der Waals surface area contributed by atoms with Crippen LogP contribution in [0.2, 0.25) is 5.02 Å². The molecule has 4 nitrogen and oxygen atoms in total. The lowest BCUT2D eigenvalue weighted by Crippen LogP contribution is -2.25. The smallest absolute Gasteiger partial charge is 0.253 e. The van der Waals surface area contributed by atoms with Gasteiger partial charge in [0.25, 0.3) is 5.91 Å². The number of hydrogen-bond donors (Lipinski definition) is 2. The van der Waals surface area contributed by atoms with Crippen molar-refractivity contribution in [3.05, 3.63) is 28.8 Å². The lowest BCUT2D eigenvalue weighted by molar-refractivity contribution is -0.117. The molecule has 1 aromatic carbocycles. The number of anilines is 1. The zero-order chi connectivity index (χ0) is 14.0. The molecule has 0 aromatic heterocycles. The number of hydrogen-bond acceptors (Lipinski definition) is 2. The Hall–Kier alpha value is -1.55. The molecule has 1 saturated carbocycles. The summed E-state index contributed by atoms with van der Waals surface area (Å²) in [5.41, 5.74) is 0.912. The topological polar surface area (TPSA) is 58.2 Å². The van der Waals surface area contributed by atoms with Crippen molar-refractivity contribution in [2.75, 3.05) is 11.9 Å². The molecule has 0 saturated heterocycles. The van der Waals surface area contributed by atoms with Crippen molar-refractivity contribution >= 4 is 29.1 Å². The largest absolute Gasteiger partial charge is 0.352 e. The van der Waals surface area contributed by atoms with Crippen LogP contribution in [0.5, 0.6) is 0 Å². The van der Waals surface area contributed by atoms with E-state index in [-0.39, 0.29) is 17.7 Å². The molecule has 2 amide bonds. The second-order valence-electron chi connectivity index (χ2n) is 4.86. The molecule has 1 fully saturated rings. The Kier molecular flexibility index (Phi) is 4.10. The van der Waals surface area contributed by atoms with Crippen molar-refractivity contribution in [1.82, 2.24) is 5.32 Å². The van der Waals surface area contributed by atoms with Gasteiger partial charge in [0.05, 0.1) is 11.3 Å². The summed E-state index contributed by atoms with van der Waals surface area (Å²) >= 11 is 5.90. The van der Waals surface area contributed by atoms with Crippen LogP contribution < -0.4 is 10.6 Å². The molecule has 1 aromatic rings. The van der Waals surface area contributed by atoms with E-state index in [9.17, 15) is 9.59 Å². The summed E-state index contributed by atoms with van der Waals surface area (Å²) in [5, 5.41) is 5.99. The molecule has 102 valence electrons. The maximum absolute atomic E-state index is 11.9. The molecule has 0 unspecified atom stereocenters. The zero-order valence-electron chi connectivity index (χ0n) is 11.0. The van der Waals surface area contributed by atoms with Crippen LogP contribution in [0.15, 0.2) is 18.2 Å². The summed E-state index contributed by atoms with van der Waals surface area (Å²) in [6.45, 7) is 4.40. The van der Waals surface area contributed by atoms with Gasteiger partial charge >= 0.3 is 0 Å². The van der Waals surface area contributed by atoms with E-state index in [1.807, 2.05) is 13.8 Å². The quantitative estimate of drug-likeness (QED) is 0.891. The normalized spacial score (nSPS) is 20.8. The first-order valence-electron chi connectivity index (χ1n) is 6.41. The van der Waals surface area contributed by atoms with Crippen molar-refractivity contribution in [2.24, 2.45) is 11.8 Å². The number of benzene rings is 1. The molecular weight excluding hydrogens is 264 g/mol. The summed E-state index contributed by atoms with van der Waals surface area (Å²) in [5.74, 6) is 0.238. The monoisotopic (exact) mass is 280 g/mol. The molecule has 0 bridgehead atoms. The molecular formula is C14H17ClN2O2. The minimum absolute atomic E-state index is 0.0274. The van der Waals surface area contributed by atoms with Crippen molar-refractivity contribution in [3.8, 4) is 0 Å². The highest BCUT2D eigenvalue weighted by atomic mass is 35.5. The highest BCUT2D eigenvalue weighted by Gasteiger charge is 2.39. The summed E-state index contributed by atoms with van der Waals surface area (Å²) in [4.78, 5) is 23.9. The van der Waals surface area contributed by atoms with Gasteiger partial charge < -0.3 is 10.6 Å². The van der Waals surface area contributed by atoms with Crippen molar-refractivity contribution in [2.45, 2.75) is 20.3 Å². The summed E-state index contributed by atoms with van der Waals surface area (Å²) in [7, 11) is 0. The standard InChI is InChI=1S/C14H17ClN2O2/c1-3-16-13(18)11-7-9(15)4-5-12(11)17-14(19)10-6-8(10)2/h4-5,7-8,10H,3,6H2,1-2H3,(H,16,18)(H,17,19)/t8-,10-/m1/s1. The number of carbonyl (C=O) groups excluding carboxylic acids is 2. The fourth-order valence-electron chi connectivity index (χ4n) is 1.98. The molecule has 2 N–H and O–H groups in total. The third-order valence-electron chi connectivity index (χ3n) is 3.27. The van der Waals surface area contributed by atoms with Crippen LogP contribution in [-0.2, 0) is 4.79 Å². The minimum Gasteiger partial charge on any atom is -0.352 e. The Balaban J connectivity index is 2.19. The number of rotatable bonds is 4. The molecule has 0 radical (unpaired) electrons. The van der Waals surface area contributed by atoms with Gasteiger partial charge in [-0.25, -0.2) is 0 Å². The van der Waals surface area contributed by atoms with Gasteiger partial charge in [0.2, 0.25) is 5.91 Å². The molecule has 1 aliphatic rings. The maximum Gasteiger partial charge on any atom is 0.253 e. The van der Waals surface area contributed by atoms with E-state index in [1.54, 1.807) is 18.2 Å². The first-order chi connectivity index (χ1) is 9.02. The summed E-state index contributed by atoms with van der Waals surface area (Å²) < 4.78 is 0. The first-order valence-corrected chi connectivity index (χ1v) is 6.79. The molecule has 0 heterocycles. The van der Waals surface area contributed by atoms with Gasteiger partial charge in [0, 0.05) is 17.5 Å². The Labute approximate surface area is 117 Å². The first kappa shape index (κ1) is 13.9. The van der Waals surface area contributed by atoms with Crippen LogP contribution in [0.25, 0.3) is 0 Å². The average molecular weight is 281 g/mol. The minimum atomic E-state index is -0.232. The number of halogens is 1. The second kappa shape index (κ2) is 5.61. The molecule has 1 aliphatic carbocycles. The van der Waals surface area contributed by atoms with E-state index in [0.29, 0.717) is 28.7 Å². The summed E-state index contributed by atoms with van der Waals surface area (Å²) in [6.07, 6.45) is 0.913. The van der Waals surface area contributed by atoms with E-state index in [2.05, 4.69) is 10.6 Å². The van der Waals surface area contributed by atoms with E-state index in [1.165, 1.54) is 0 Å². The third kappa shape index (κ3) is 3.26. The molecule has 0 aliphatic heterocycles. The van der Waals surface area contributed by atoms with Crippen LogP contribution in [0.1, 0.15) is 30.6 Å². The Bertz CT molecular complexity index is 516. The molecule has 0 spiro atoms. The number of amides is 2. The molecule has 5 heteroatoms. The fraction of sp³-hybridized carbons (Fsp3) is 0.429. The molecule has 2 rings (SSSR count). The lowest BCUT2D eigenvalue weighted by Gasteiger charge is -2.11. The van der Waals surface area contributed by atoms with E-state index < -0.39 is 0 Å². The van der Waals surface area contributed by atoms with E-state index in [4.69, 9.17) is 11.6 Å². The van der Waals surface area contributed by atoms with Crippen molar-refractivity contribution in [1.29, 1.82) is 0 Å². The van der Waals surface area contributed by atoms with E-state index in [0.717, 1.165) is 6.42 Å². The van der Waals surface area contributed by atoms with Gasteiger partial charge in [-0.3, -0.25) is 9.59 Å². The molecule has 19 heavy (non-hydrogen) atoms. The van der Waals surface area contributed by atoms with Gasteiger partial charge in [0.15, 0.2) is 0 Å². The predicted octanol–water partition coefficient (Wildman–Crippen LogP) is 2.68. The van der Waals surface area contributed by atoms with Crippen LogP contribution in [0.3, 0.4) is 0 Å². The van der Waals surface area contributed by atoms with Crippen LogP contribution in [0, 0.1) is 11.8 Å². The van der Waals surface area contributed by atoms with Gasteiger partial charge in [-0.2, -0.15) is 0 Å². The van der Waals surface area contributed by atoms with Crippen LogP contribution >= 0.6 is 11.6 Å². The Morgan fingerprint density at radius 1 is 1.42 bits per heavy atom. The fourth-order valence-corrected chi connectivity index (χ4v) is 2.15. The Morgan fingerprint density at radius 3 is 2.68 bits per heavy atom. The Morgan fingerprint density at radius 2 is 2.11 bits per heavy atom. The predicted molar refractivity (Wildman–Crippen MR) is 75.4 cm³/mol. The second-order valence-corrected chi connectivity index (χ2v) is 5.29. The van der Waals surface area contributed by atoms with E-state index >= 15 is 0 Å². The van der Waals surface area contributed by atoms with Gasteiger partial charge in [0.1, 0.15) is 0 Å². The maximum atomic E-state index is 11.9. The van der Waals surface area contributed by atoms with Crippen molar-refractivity contribution in [3.63, 3.8) is 0 Å². The van der Waals surface area contributed by atoms with Gasteiger partial charge in [-0.1, -0.05) is 18.5 Å². The number of nitrogens with one attached hydrogen (secondary N) is 2. The molecule has 2 atom stereocenters. The summed E-state index contributed by atoms with van der Waals surface area (Å²) in [6, 6.07) is 4.90. The van der Waals surface area contributed by atoms with Gasteiger partial charge in [-0.15, -0.1) is 0 Å². The van der Waals surface area contributed by atoms with Crippen molar-refractivity contribution < 1.29 is 9.59 Å². The highest BCUT2D eigenvalue weighted by Crippen LogP contribution is 2.38.